The Bertz CT molecular complexity index is 313. The normalized spacial score (nSPS) is 18.5. The van der Waals surface area contributed by atoms with E-state index in [1.54, 1.807) is 12.4 Å². The van der Waals surface area contributed by atoms with Gasteiger partial charge in [-0.1, -0.05) is 0 Å². The van der Waals surface area contributed by atoms with Gasteiger partial charge in [0.15, 0.2) is 0 Å². The molecule has 1 fully saturated rings. The molecule has 1 saturated heterocycles. The van der Waals surface area contributed by atoms with Crippen molar-refractivity contribution in [1.29, 1.82) is 0 Å². The summed E-state index contributed by atoms with van der Waals surface area (Å²) >= 11 is 0. The number of pyridine rings is 1. The summed E-state index contributed by atoms with van der Waals surface area (Å²) in [6, 6.07) is 1.98. The molecule has 2 heterocycles. The molecule has 0 saturated carbocycles. The van der Waals surface area contributed by atoms with E-state index >= 15 is 0 Å². The topological polar surface area (TPSA) is 45.4 Å². The molecular formula is C10H16N4. The third kappa shape index (κ3) is 1.80. The van der Waals surface area contributed by atoms with Crippen LogP contribution in [0.4, 0.5) is 11.4 Å². The zero-order valence-electron chi connectivity index (χ0n) is 8.48. The number of hydrogen-bond acceptors (Lipinski definition) is 4. The molecule has 2 rings (SSSR count). The molecule has 4 heteroatoms. The van der Waals surface area contributed by atoms with Crippen LogP contribution in [0, 0.1) is 0 Å². The Morgan fingerprint density at radius 2 is 2.29 bits per heavy atom. The zero-order chi connectivity index (χ0) is 9.97. The minimum Gasteiger partial charge on any atom is -0.396 e. The highest BCUT2D eigenvalue weighted by atomic mass is 15.3. The lowest BCUT2D eigenvalue weighted by atomic mass is 10.2. The number of nitrogens with zero attached hydrogens (tertiary/aromatic N) is 3. The molecule has 1 aromatic heterocycles. The lowest BCUT2D eigenvalue weighted by Gasteiger charge is -2.35. The summed E-state index contributed by atoms with van der Waals surface area (Å²) in [5.41, 5.74) is 7.74. The van der Waals surface area contributed by atoms with E-state index in [9.17, 15) is 0 Å². The Labute approximate surface area is 84.3 Å². The standard InChI is InChI=1S/C10H16N4/c1-13-5-2-6-14(8-13)10-3-4-12-7-9(10)11/h3-4,7H,2,5-6,8,11H2,1H3. The number of anilines is 2. The van der Waals surface area contributed by atoms with Gasteiger partial charge in [-0.3, -0.25) is 9.88 Å². The highest BCUT2D eigenvalue weighted by Crippen LogP contribution is 2.23. The number of nitrogens with two attached hydrogens (primary N) is 1. The molecule has 14 heavy (non-hydrogen) atoms. The Kier molecular flexibility index (Phi) is 2.54. The monoisotopic (exact) mass is 192 g/mol. The predicted molar refractivity (Wildman–Crippen MR) is 58.1 cm³/mol. The first-order valence-electron chi connectivity index (χ1n) is 4.90. The highest BCUT2D eigenvalue weighted by molar-refractivity contribution is 5.65. The summed E-state index contributed by atoms with van der Waals surface area (Å²) < 4.78 is 0. The molecule has 2 N–H and O–H groups in total. The van der Waals surface area contributed by atoms with Crippen LogP contribution in [0.5, 0.6) is 0 Å². The van der Waals surface area contributed by atoms with Gasteiger partial charge in [0.05, 0.1) is 24.2 Å². The van der Waals surface area contributed by atoms with E-state index < -0.39 is 0 Å². The summed E-state index contributed by atoms with van der Waals surface area (Å²) in [5.74, 6) is 0. The first-order valence-corrected chi connectivity index (χ1v) is 4.90. The van der Waals surface area contributed by atoms with Crippen LogP contribution in [0.3, 0.4) is 0 Å². The zero-order valence-corrected chi connectivity index (χ0v) is 8.48. The number of nitrogen functional groups attached to an aromatic ring is 1. The molecule has 1 aromatic rings. The first-order chi connectivity index (χ1) is 6.77. The molecule has 1 aliphatic rings. The molecule has 0 atom stereocenters. The van der Waals surface area contributed by atoms with Crippen molar-refractivity contribution in [3.05, 3.63) is 18.5 Å². The van der Waals surface area contributed by atoms with Gasteiger partial charge < -0.3 is 10.6 Å². The fourth-order valence-corrected chi connectivity index (χ4v) is 1.85. The van der Waals surface area contributed by atoms with Crippen LogP contribution in [-0.4, -0.2) is 36.7 Å². The fourth-order valence-electron chi connectivity index (χ4n) is 1.85. The van der Waals surface area contributed by atoms with Crippen LogP contribution in [-0.2, 0) is 0 Å². The quantitative estimate of drug-likeness (QED) is 0.713. The predicted octanol–water partition coefficient (Wildman–Crippen LogP) is 0.763. The molecule has 0 radical (unpaired) electrons. The van der Waals surface area contributed by atoms with Crippen LogP contribution >= 0.6 is 0 Å². The number of rotatable bonds is 1. The molecule has 0 spiro atoms. The average molecular weight is 192 g/mol. The largest absolute Gasteiger partial charge is 0.396 e. The lowest BCUT2D eigenvalue weighted by Crippen LogP contribution is -2.43. The molecule has 0 amide bonds. The highest BCUT2D eigenvalue weighted by Gasteiger charge is 2.15. The molecular weight excluding hydrogens is 176 g/mol. The van der Waals surface area contributed by atoms with Crippen LogP contribution in [0.25, 0.3) is 0 Å². The Morgan fingerprint density at radius 3 is 3.00 bits per heavy atom. The van der Waals surface area contributed by atoms with Gasteiger partial charge in [-0.2, -0.15) is 0 Å². The number of aromatic nitrogens is 1. The van der Waals surface area contributed by atoms with Crippen molar-refractivity contribution < 1.29 is 0 Å². The van der Waals surface area contributed by atoms with E-state index in [2.05, 4.69) is 21.8 Å². The van der Waals surface area contributed by atoms with Gasteiger partial charge in [0, 0.05) is 19.3 Å². The van der Waals surface area contributed by atoms with Gasteiger partial charge in [-0.15, -0.1) is 0 Å². The summed E-state index contributed by atoms with van der Waals surface area (Å²) in [4.78, 5) is 8.58. The molecule has 0 aliphatic carbocycles. The van der Waals surface area contributed by atoms with Crippen molar-refractivity contribution in [2.75, 3.05) is 37.4 Å². The molecule has 0 aromatic carbocycles. The van der Waals surface area contributed by atoms with E-state index in [1.165, 1.54) is 13.0 Å². The van der Waals surface area contributed by atoms with Gasteiger partial charge in [-0.05, 0) is 19.5 Å². The second-order valence-corrected chi connectivity index (χ2v) is 3.77. The van der Waals surface area contributed by atoms with Gasteiger partial charge in [-0.25, -0.2) is 0 Å². The number of hydrogen-bond donors (Lipinski definition) is 1. The van der Waals surface area contributed by atoms with E-state index in [1.807, 2.05) is 6.07 Å². The van der Waals surface area contributed by atoms with Gasteiger partial charge in [0.25, 0.3) is 0 Å². The molecule has 76 valence electrons. The smallest absolute Gasteiger partial charge is 0.0738 e. The second-order valence-electron chi connectivity index (χ2n) is 3.77. The van der Waals surface area contributed by atoms with Crippen LogP contribution in [0.1, 0.15) is 6.42 Å². The van der Waals surface area contributed by atoms with E-state index in [4.69, 9.17) is 5.73 Å². The van der Waals surface area contributed by atoms with E-state index in [0.717, 1.165) is 24.6 Å². The van der Waals surface area contributed by atoms with Gasteiger partial charge in [0.2, 0.25) is 0 Å². The molecule has 1 aliphatic heterocycles. The summed E-state index contributed by atoms with van der Waals surface area (Å²) in [7, 11) is 2.13. The third-order valence-electron chi connectivity index (χ3n) is 2.55. The van der Waals surface area contributed by atoms with E-state index in [0.29, 0.717) is 0 Å². The Balaban J connectivity index is 2.18. The minimum atomic E-state index is 0.766. The lowest BCUT2D eigenvalue weighted by molar-refractivity contribution is 0.292. The maximum Gasteiger partial charge on any atom is 0.0738 e. The molecule has 4 nitrogen and oxygen atoms in total. The molecule has 0 bridgehead atoms. The van der Waals surface area contributed by atoms with Crippen molar-refractivity contribution in [2.24, 2.45) is 0 Å². The summed E-state index contributed by atoms with van der Waals surface area (Å²) in [6.45, 7) is 3.20. The first kappa shape index (κ1) is 9.27. The minimum absolute atomic E-state index is 0.766. The summed E-state index contributed by atoms with van der Waals surface area (Å²) in [6.07, 6.45) is 4.70. The van der Waals surface area contributed by atoms with Crippen molar-refractivity contribution in [3.63, 3.8) is 0 Å². The Morgan fingerprint density at radius 1 is 1.43 bits per heavy atom. The second kappa shape index (κ2) is 3.84. The van der Waals surface area contributed by atoms with Crippen molar-refractivity contribution in [1.82, 2.24) is 9.88 Å². The van der Waals surface area contributed by atoms with Crippen LogP contribution in [0.15, 0.2) is 18.5 Å². The SMILES string of the molecule is CN1CCCN(c2ccncc2N)C1. The van der Waals surface area contributed by atoms with Crippen molar-refractivity contribution >= 4 is 11.4 Å². The summed E-state index contributed by atoms with van der Waals surface area (Å²) in [5, 5.41) is 0. The average Bonchev–Trinajstić information content (AvgIpc) is 2.18. The van der Waals surface area contributed by atoms with Crippen molar-refractivity contribution in [2.45, 2.75) is 6.42 Å². The van der Waals surface area contributed by atoms with Crippen LogP contribution in [0.2, 0.25) is 0 Å². The van der Waals surface area contributed by atoms with Gasteiger partial charge in [0.1, 0.15) is 0 Å². The maximum absolute atomic E-state index is 5.87. The van der Waals surface area contributed by atoms with Crippen LogP contribution < -0.4 is 10.6 Å². The maximum atomic E-state index is 5.87. The Hall–Kier alpha value is -1.29. The molecule has 0 unspecified atom stereocenters. The van der Waals surface area contributed by atoms with E-state index in [-0.39, 0.29) is 0 Å². The van der Waals surface area contributed by atoms with Gasteiger partial charge >= 0.3 is 0 Å². The fraction of sp³-hybridized carbons (Fsp3) is 0.500. The third-order valence-corrected chi connectivity index (χ3v) is 2.55. The van der Waals surface area contributed by atoms with Crippen molar-refractivity contribution in [3.8, 4) is 0 Å².